The van der Waals surface area contributed by atoms with Crippen molar-refractivity contribution in [3.63, 3.8) is 0 Å². The van der Waals surface area contributed by atoms with Gasteiger partial charge in [0.1, 0.15) is 0 Å². The van der Waals surface area contributed by atoms with E-state index >= 15 is 0 Å². The number of amides is 1. The molecule has 0 aliphatic heterocycles. The lowest BCUT2D eigenvalue weighted by Crippen LogP contribution is -2.44. The molecule has 1 aromatic heterocycles. The van der Waals surface area contributed by atoms with Crippen LogP contribution >= 0.6 is 23.2 Å². The third-order valence-corrected chi connectivity index (χ3v) is 8.66. The minimum Gasteiger partial charge on any atom is -0.481 e. The molecule has 2 aliphatic carbocycles. The summed E-state index contributed by atoms with van der Waals surface area (Å²) in [5.74, 6) is -3.49. The van der Waals surface area contributed by atoms with Gasteiger partial charge in [0.05, 0.1) is 50.8 Å². The lowest BCUT2D eigenvalue weighted by molar-refractivity contribution is -0.189. The molecule has 0 bridgehead atoms. The average molecular weight is 628 g/mol. The largest absolute Gasteiger partial charge is 0.481 e. The number of halogens is 8. The SMILES string of the molecule is CC1(C(=O)O)CCC(n2ncc(C(=O)N(CC(=O)c3c(Cl)cccc3Cl)CC3(C(F)(F)F)CC3)c2C(F)(F)F)CC1. The Balaban J connectivity index is 1.71. The number of hydrogen-bond acceptors (Lipinski definition) is 4. The zero-order valence-electron chi connectivity index (χ0n) is 21.6. The summed E-state index contributed by atoms with van der Waals surface area (Å²) in [5, 5.41) is 12.9. The number of ketones is 1. The Morgan fingerprint density at radius 2 is 1.61 bits per heavy atom. The van der Waals surface area contributed by atoms with Crippen LogP contribution in [-0.2, 0) is 11.0 Å². The van der Waals surface area contributed by atoms with E-state index in [1.807, 2.05) is 0 Å². The minimum atomic E-state index is -5.14. The summed E-state index contributed by atoms with van der Waals surface area (Å²) < 4.78 is 85.2. The fourth-order valence-corrected chi connectivity index (χ4v) is 5.82. The average Bonchev–Trinajstić information content (AvgIpc) is 3.52. The van der Waals surface area contributed by atoms with E-state index in [1.165, 1.54) is 25.1 Å². The molecule has 0 saturated heterocycles. The maximum Gasteiger partial charge on any atom is 0.433 e. The molecule has 0 atom stereocenters. The van der Waals surface area contributed by atoms with Crippen molar-refractivity contribution in [2.45, 2.75) is 63.8 Å². The van der Waals surface area contributed by atoms with Gasteiger partial charge in [-0.15, -0.1) is 0 Å². The smallest absolute Gasteiger partial charge is 0.433 e. The van der Waals surface area contributed by atoms with Crippen molar-refractivity contribution in [1.82, 2.24) is 14.7 Å². The Morgan fingerprint density at radius 1 is 1.05 bits per heavy atom. The number of alkyl halides is 6. The van der Waals surface area contributed by atoms with Gasteiger partial charge in [-0.3, -0.25) is 19.1 Å². The number of carboxylic acid groups (broad SMARTS) is 1. The molecule has 1 aromatic carbocycles. The van der Waals surface area contributed by atoms with Gasteiger partial charge < -0.3 is 10.0 Å². The van der Waals surface area contributed by atoms with Crippen LogP contribution in [0.4, 0.5) is 26.3 Å². The van der Waals surface area contributed by atoms with E-state index in [4.69, 9.17) is 23.2 Å². The van der Waals surface area contributed by atoms with E-state index in [0.717, 1.165) is 0 Å². The molecule has 0 spiro atoms. The van der Waals surface area contributed by atoms with Gasteiger partial charge in [-0.2, -0.15) is 31.4 Å². The number of aliphatic carboxylic acids is 1. The zero-order valence-corrected chi connectivity index (χ0v) is 23.1. The second kappa shape index (κ2) is 10.8. The number of carboxylic acids is 1. The summed E-state index contributed by atoms with van der Waals surface area (Å²) in [6, 6.07) is 3.12. The highest BCUT2D eigenvalue weighted by Gasteiger charge is 2.64. The molecule has 1 heterocycles. The monoisotopic (exact) mass is 627 g/mol. The molecule has 7 nitrogen and oxygen atoms in total. The third kappa shape index (κ3) is 6.06. The molecular weight excluding hydrogens is 603 g/mol. The fraction of sp³-hybridized carbons (Fsp3) is 0.538. The van der Waals surface area contributed by atoms with Crippen molar-refractivity contribution in [2.75, 3.05) is 13.1 Å². The van der Waals surface area contributed by atoms with Crippen molar-refractivity contribution < 1.29 is 45.8 Å². The number of aromatic nitrogens is 2. The highest BCUT2D eigenvalue weighted by atomic mass is 35.5. The number of Topliss-reactive ketones (excluding diaryl/α,β-unsaturated/α-hetero) is 1. The lowest BCUT2D eigenvalue weighted by atomic mass is 9.74. The van der Waals surface area contributed by atoms with Gasteiger partial charge >= 0.3 is 18.3 Å². The summed E-state index contributed by atoms with van der Waals surface area (Å²) in [4.78, 5) is 38.7. The predicted octanol–water partition coefficient (Wildman–Crippen LogP) is 7.08. The number of rotatable bonds is 8. The maximum atomic E-state index is 14.4. The second-order valence-corrected chi connectivity index (χ2v) is 11.7. The number of benzene rings is 1. The van der Waals surface area contributed by atoms with Crippen molar-refractivity contribution in [3.05, 3.63) is 51.3 Å². The van der Waals surface area contributed by atoms with Crippen LogP contribution in [0.2, 0.25) is 10.0 Å². The van der Waals surface area contributed by atoms with Crippen LogP contribution in [0.3, 0.4) is 0 Å². The van der Waals surface area contributed by atoms with Gasteiger partial charge in [-0.25, -0.2) is 0 Å². The quantitative estimate of drug-likeness (QED) is 0.249. The van der Waals surface area contributed by atoms with Crippen LogP contribution in [0.15, 0.2) is 24.4 Å². The Labute approximate surface area is 240 Å². The predicted molar refractivity (Wildman–Crippen MR) is 135 cm³/mol. The Kier molecular flexibility index (Phi) is 8.20. The Morgan fingerprint density at radius 3 is 2.07 bits per heavy atom. The summed E-state index contributed by atoms with van der Waals surface area (Å²) >= 11 is 12.1. The highest BCUT2D eigenvalue weighted by Crippen LogP contribution is 2.58. The van der Waals surface area contributed by atoms with E-state index in [0.29, 0.717) is 15.8 Å². The van der Waals surface area contributed by atoms with Crippen LogP contribution in [0, 0.1) is 10.8 Å². The molecule has 2 saturated carbocycles. The molecule has 0 unspecified atom stereocenters. The standard InChI is InChI=1S/C26H25Cl2F6N3O4/c1-23(22(40)41)7-5-14(6-8-23)37-20(25(29,30)31)15(11-35-37)21(39)36(13-24(9-10-24)26(32,33)34)12-18(38)19-16(27)3-2-4-17(19)28/h2-4,11,14H,5-10,12-13H2,1H3,(H,40,41). The second-order valence-electron chi connectivity index (χ2n) is 10.9. The molecule has 0 radical (unpaired) electrons. The molecule has 4 rings (SSSR count). The first-order valence-corrected chi connectivity index (χ1v) is 13.4. The van der Waals surface area contributed by atoms with E-state index in [-0.39, 0.29) is 54.1 Å². The van der Waals surface area contributed by atoms with Gasteiger partial charge in [0.25, 0.3) is 5.91 Å². The number of hydrogen-bond donors (Lipinski definition) is 1. The van der Waals surface area contributed by atoms with Crippen LogP contribution in [-0.4, -0.2) is 56.7 Å². The van der Waals surface area contributed by atoms with Gasteiger partial charge in [0.15, 0.2) is 11.5 Å². The highest BCUT2D eigenvalue weighted by molar-refractivity contribution is 6.40. The van der Waals surface area contributed by atoms with Crippen LogP contribution in [0.1, 0.15) is 77.9 Å². The molecule has 224 valence electrons. The van der Waals surface area contributed by atoms with Crippen molar-refractivity contribution >= 4 is 40.9 Å². The minimum absolute atomic E-state index is 0.0194. The summed E-state index contributed by atoms with van der Waals surface area (Å²) in [6.45, 7) is -0.572. The Hall–Kier alpha value is -2.80. The topological polar surface area (TPSA) is 92.5 Å². The summed E-state index contributed by atoms with van der Waals surface area (Å²) in [7, 11) is 0. The first kappa shape index (κ1) is 31.1. The van der Waals surface area contributed by atoms with Crippen molar-refractivity contribution in [3.8, 4) is 0 Å². The lowest BCUT2D eigenvalue weighted by Gasteiger charge is -2.34. The first-order valence-electron chi connectivity index (χ1n) is 12.6. The van der Waals surface area contributed by atoms with E-state index < -0.39 is 71.2 Å². The van der Waals surface area contributed by atoms with Crippen molar-refractivity contribution in [1.29, 1.82) is 0 Å². The molecule has 2 aromatic rings. The third-order valence-electron chi connectivity index (χ3n) is 8.03. The molecule has 2 aliphatic rings. The van der Waals surface area contributed by atoms with E-state index in [2.05, 4.69) is 5.10 Å². The summed E-state index contributed by atoms with van der Waals surface area (Å²) in [5.41, 5.74) is -6.27. The number of carbonyl (C=O) groups is 3. The van der Waals surface area contributed by atoms with Gasteiger partial charge in [0, 0.05) is 6.54 Å². The normalized spacial score (nSPS) is 22.3. The maximum absolute atomic E-state index is 14.4. The molecule has 15 heteroatoms. The van der Waals surface area contributed by atoms with Gasteiger partial charge in [-0.05, 0) is 57.6 Å². The number of carbonyl (C=O) groups excluding carboxylic acids is 2. The van der Waals surface area contributed by atoms with Gasteiger partial charge in [0.2, 0.25) is 0 Å². The fourth-order valence-electron chi connectivity index (χ4n) is 5.21. The van der Waals surface area contributed by atoms with Crippen molar-refractivity contribution in [2.24, 2.45) is 10.8 Å². The molecular formula is C26H25Cl2F6N3O4. The number of nitrogens with zero attached hydrogens (tertiary/aromatic N) is 3. The van der Waals surface area contributed by atoms with Crippen LogP contribution in [0.25, 0.3) is 0 Å². The van der Waals surface area contributed by atoms with Crippen LogP contribution in [0.5, 0.6) is 0 Å². The summed E-state index contributed by atoms with van der Waals surface area (Å²) in [6.07, 6.45) is -9.86. The van der Waals surface area contributed by atoms with Gasteiger partial charge in [-0.1, -0.05) is 29.3 Å². The van der Waals surface area contributed by atoms with Crippen LogP contribution < -0.4 is 0 Å². The zero-order chi connectivity index (χ0) is 30.5. The Bertz CT molecular complexity index is 1340. The molecule has 2 fully saturated rings. The molecule has 1 N–H and O–H groups in total. The van der Waals surface area contributed by atoms with E-state index in [9.17, 15) is 45.8 Å². The molecule has 41 heavy (non-hydrogen) atoms. The molecule has 1 amide bonds. The van der Waals surface area contributed by atoms with E-state index in [1.54, 1.807) is 0 Å². The first-order chi connectivity index (χ1) is 18.9.